The normalized spacial score (nSPS) is 53.5. The average molecular weight is 154 g/mol. The third-order valence-electron chi connectivity index (χ3n) is 4.18. The van der Waals surface area contributed by atoms with Crippen molar-refractivity contribution in [3.8, 4) is 0 Å². The molecule has 0 aromatic heterocycles. The Hall–Kier alpha value is -0.0400. The smallest absolute Gasteiger partial charge is 0.0576 e. The fraction of sp³-hybridized carbons (Fsp3) is 1.00. The van der Waals surface area contributed by atoms with Crippen molar-refractivity contribution in [1.82, 2.24) is 0 Å². The van der Waals surface area contributed by atoms with Gasteiger partial charge in [0.2, 0.25) is 0 Å². The summed E-state index contributed by atoms with van der Waals surface area (Å²) < 4.78 is 0. The zero-order valence-electron chi connectivity index (χ0n) is 7.67. The van der Waals surface area contributed by atoms with Gasteiger partial charge in [0.15, 0.2) is 0 Å². The summed E-state index contributed by atoms with van der Waals surface area (Å²) in [5.74, 6) is 2.23. The highest BCUT2D eigenvalue weighted by Gasteiger charge is 2.56. The molecule has 1 heteroatoms. The molecule has 0 saturated heterocycles. The Balaban J connectivity index is 2.20. The molecule has 0 heterocycles. The Bertz CT molecular complexity index is 158. The van der Waals surface area contributed by atoms with Gasteiger partial charge in [-0.15, -0.1) is 0 Å². The summed E-state index contributed by atoms with van der Waals surface area (Å²) in [6, 6.07) is 0. The van der Waals surface area contributed by atoms with E-state index in [0.717, 1.165) is 18.3 Å². The van der Waals surface area contributed by atoms with Crippen LogP contribution in [0.4, 0.5) is 0 Å². The predicted molar refractivity (Wildman–Crippen MR) is 45.2 cm³/mol. The number of hydrogen-bond donors (Lipinski definition) is 1. The quantitative estimate of drug-likeness (QED) is 0.566. The van der Waals surface area contributed by atoms with Gasteiger partial charge in [0.05, 0.1) is 6.10 Å². The van der Waals surface area contributed by atoms with Crippen LogP contribution in [0.15, 0.2) is 0 Å². The molecule has 1 N–H and O–H groups in total. The summed E-state index contributed by atoms with van der Waals surface area (Å²) in [4.78, 5) is 0. The molecular formula is C10H18O. The van der Waals surface area contributed by atoms with Crippen molar-refractivity contribution in [3.63, 3.8) is 0 Å². The van der Waals surface area contributed by atoms with Crippen LogP contribution in [0.2, 0.25) is 0 Å². The Morgan fingerprint density at radius 2 is 1.82 bits per heavy atom. The van der Waals surface area contributed by atoms with Crippen LogP contribution < -0.4 is 0 Å². The number of aliphatic hydroxyl groups is 1. The van der Waals surface area contributed by atoms with E-state index in [1.54, 1.807) is 0 Å². The van der Waals surface area contributed by atoms with E-state index < -0.39 is 0 Å². The lowest BCUT2D eigenvalue weighted by atomic mass is 9.45. The molecule has 64 valence electrons. The topological polar surface area (TPSA) is 20.2 Å². The second-order valence-electron chi connectivity index (χ2n) is 5.05. The molecule has 3 saturated carbocycles. The van der Waals surface area contributed by atoms with E-state index in [2.05, 4.69) is 20.8 Å². The molecule has 3 aliphatic rings. The number of rotatable bonds is 0. The van der Waals surface area contributed by atoms with E-state index in [9.17, 15) is 5.11 Å². The largest absolute Gasteiger partial charge is 0.393 e. The Morgan fingerprint density at radius 3 is 2.18 bits per heavy atom. The first-order valence-corrected chi connectivity index (χ1v) is 4.71. The molecule has 0 aliphatic heterocycles. The highest BCUT2D eigenvalue weighted by Crippen LogP contribution is 2.61. The van der Waals surface area contributed by atoms with Gasteiger partial charge in [-0.3, -0.25) is 0 Å². The molecule has 1 unspecified atom stereocenters. The maximum absolute atomic E-state index is 9.72. The van der Waals surface area contributed by atoms with Crippen LogP contribution in [0, 0.1) is 23.2 Å². The summed E-state index contributed by atoms with van der Waals surface area (Å²) in [5, 5.41) is 9.72. The standard InChI is InChI=1S/C10H18O/c1-6-4-9(11)8-5-7(6)10(8,2)3/h6-9,11H,4-5H2,1-3H3/t6-,7?,8+,9+/m1/s1. The first-order valence-electron chi connectivity index (χ1n) is 4.71. The van der Waals surface area contributed by atoms with Crippen LogP contribution in [-0.2, 0) is 0 Å². The van der Waals surface area contributed by atoms with E-state index in [0.29, 0.717) is 11.3 Å². The second kappa shape index (κ2) is 2.01. The molecule has 0 spiro atoms. The molecule has 3 aliphatic carbocycles. The SMILES string of the molecule is C[C@@H]1C[C@H](O)[C@@H]2CC1C2(C)C. The van der Waals surface area contributed by atoms with Gasteiger partial charge in [-0.05, 0) is 36.0 Å². The molecule has 0 aromatic rings. The average Bonchev–Trinajstić information content (AvgIpc) is 1.84. The molecule has 0 aromatic carbocycles. The van der Waals surface area contributed by atoms with Gasteiger partial charge in [0, 0.05) is 0 Å². The van der Waals surface area contributed by atoms with Gasteiger partial charge >= 0.3 is 0 Å². The van der Waals surface area contributed by atoms with Gasteiger partial charge < -0.3 is 5.11 Å². The number of hydrogen-bond acceptors (Lipinski definition) is 1. The molecule has 0 radical (unpaired) electrons. The van der Waals surface area contributed by atoms with Gasteiger partial charge in [-0.25, -0.2) is 0 Å². The van der Waals surface area contributed by atoms with Crippen molar-refractivity contribution in [3.05, 3.63) is 0 Å². The van der Waals surface area contributed by atoms with Crippen molar-refractivity contribution in [2.45, 2.75) is 39.7 Å². The minimum atomic E-state index is -0.00926. The molecule has 2 bridgehead atoms. The fourth-order valence-electron chi connectivity index (χ4n) is 3.32. The molecule has 11 heavy (non-hydrogen) atoms. The first kappa shape index (κ1) is 7.60. The first-order chi connectivity index (χ1) is 5.03. The minimum Gasteiger partial charge on any atom is -0.393 e. The summed E-state index contributed by atoms with van der Waals surface area (Å²) in [5.41, 5.74) is 0.428. The summed E-state index contributed by atoms with van der Waals surface area (Å²) >= 11 is 0. The Labute approximate surface area is 68.8 Å². The molecule has 1 nitrogen and oxygen atoms in total. The molecule has 3 fully saturated rings. The van der Waals surface area contributed by atoms with Crippen molar-refractivity contribution >= 4 is 0 Å². The van der Waals surface area contributed by atoms with E-state index >= 15 is 0 Å². The maximum Gasteiger partial charge on any atom is 0.0576 e. The summed E-state index contributed by atoms with van der Waals surface area (Å²) in [6.45, 7) is 6.90. The monoisotopic (exact) mass is 154 g/mol. The fourth-order valence-corrected chi connectivity index (χ4v) is 3.32. The third kappa shape index (κ3) is 0.807. The van der Waals surface area contributed by atoms with Gasteiger partial charge in [0.1, 0.15) is 0 Å². The summed E-state index contributed by atoms with van der Waals surface area (Å²) in [7, 11) is 0. The predicted octanol–water partition coefficient (Wildman–Crippen LogP) is 2.05. The lowest BCUT2D eigenvalue weighted by Gasteiger charge is -2.61. The number of fused-ring (bicyclic) bond motifs is 2. The second-order valence-corrected chi connectivity index (χ2v) is 5.05. The van der Waals surface area contributed by atoms with E-state index in [4.69, 9.17) is 0 Å². The molecule has 4 atom stereocenters. The van der Waals surface area contributed by atoms with E-state index in [-0.39, 0.29) is 6.10 Å². The highest BCUT2D eigenvalue weighted by molar-refractivity contribution is 5.05. The van der Waals surface area contributed by atoms with Crippen molar-refractivity contribution < 1.29 is 5.11 Å². The van der Waals surface area contributed by atoms with Gasteiger partial charge in [0.25, 0.3) is 0 Å². The van der Waals surface area contributed by atoms with Crippen molar-refractivity contribution in [2.75, 3.05) is 0 Å². The zero-order chi connectivity index (χ0) is 8.22. The van der Waals surface area contributed by atoms with Gasteiger partial charge in [-0.1, -0.05) is 20.8 Å². The Morgan fingerprint density at radius 1 is 1.18 bits per heavy atom. The van der Waals surface area contributed by atoms with Crippen LogP contribution in [0.1, 0.15) is 33.6 Å². The van der Waals surface area contributed by atoms with Crippen LogP contribution in [0.3, 0.4) is 0 Å². The zero-order valence-corrected chi connectivity index (χ0v) is 7.67. The highest BCUT2D eigenvalue weighted by atomic mass is 16.3. The van der Waals surface area contributed by atoms with E-state index in [1.807, 2.05) is 0 Å². The molecular weight excluding hydrogens is 136 g/mol. The minimum absolute atomic E-state index is 0.00926. The van der Waals surface area contributed by atoms with Crippen LogP contribution in [0.25, 0.3) is 0 Å². The summed E-state index contributed by atoms with van der Waals surface area (Å²) in [6.07, 6.45) is 2.30. The van der Waals surface area contributed by atoms with Crippen LogP contribution in [0.5, 0.6) is 0 Å². The molecule has 3 rings (SSSR count). The van der Waals surface area contributed by atoms with Gasteiger partial charge in [-0.2, -0.15) is 0 Å². The maximum atomic E-state index is 9.72. The molecule has 0 amide bonds. The van der Waals surface area contributed by atoms with E-state index in [1.165, 1.54) is 6.42 Å². The lowest BCUT2D eigenvalue weighted by Crippen LogP contribution is -2.57. The van der Waals surface area contributed by atoms with Crippen LogP contribution in [-0.4, -0.2) is 11.2 Å². The third-order valence-corrected chi connectivity index (χ3v) is 4.18. The Kier molecular flexibility index (Phi) is 1.39. The van der Waals surface area contributed by atoms with Crippen molar-refractivity contribution in [2.24, 2.45) is 23.2 Å². The number of aliphatic hydroxyl groups excluding tert-OH is 1. The lowest BCUT2D eigenvalue weighted by molar-refractivity contribution is -0.167. The van der Waals surface area contributed by atoms with Crippen molar-refractivity contribution in [1.29, 1.82) is 0 Å². The van der Waals surface area contributed by atoms with Crippen LogP contribution >= 0.6 is 0 Å².